The molecular weight excluding hydrogens is 1520 g/mol. The molecule has 0 radical (unpaired) electrons. The molecule has 0 bridgehead atoms. The van der Waals surface area contributed by atoms with E-state index < -0.39 is 0 Å². The molecule has 0 aliphatic rings. The Morgan fingerprint density at radius 3 is 0.573 bits per heavy atom. The number of benzene rings is 16. The standard InChI is InChI=1S/C62H38N4O2.C50H30N4O2/c1-3-13-39(14-4-1)41-25-31-44(32-26-41)55-59-57(51-21-7-9-23-53(51)67-59)65-61(63-55)46-35-29-43(30-36-46)47-17-11-18-48(37-47)49-19-12-20-50(38-49)62-64-56(60-58(66-62)52-22-8-10-24-54(52)68-60)45-33-27-42(28-34-45)40-15-5-2-6-16-40;1-3-11-31(12-4-1)33-19-27-37(28-20-33)49-51-43(47-45(53-49)39-15-7-9-17-41(39)55-47)35-23-25-36(26-24-35)44-48-46(40-16-8-10-18-42(40)56-48)54-50(52-44)38-29-21-34(22-30-38)32-13-5-2-6-14-32/h1-38H;1-30H. The van der Waals surface area contributed by atoms with Crippen LogP contribution >= 0.6 is 0 Å². The summed E-state index contributed by atoms with van der Waals surface area (Å²) in [5, 5.41) is 3.81. The molecule has 8 aromatic heterocycles. The second kappa shape index (κ2) is 30.8. The maximum Gasteiger partial charge on any atom is 0.180 e. The summed E-state index contributed by atoms with van der Waals surface area (Å²) >= 11 is 0. The van der Waals surface area contributed by atoms with Crippen molar-refractivity contribution in [1.82, 2.24) is 39.9 Å². The quantitative estimate of drug-likeness (QED) is 0.102. The number of furan rings is 4. The Kier molecular flexibility index (Phi) is 17.9. The van der Waals surface area contributed by atoms with Gasteiger partial charge in [0.1, 0.15) is 67.2 Å². The lowest BCUT2D eigenvalue weighted by Gasteiger charge is -2.10. The van der Waals surface area contributed by atoms with Crippen LogP contribution in [0.2, 0.25) is 0 Å². The molecule has 0 N–H and O–H groups in total. The second-order valence-electron chi connectivity index (χ2n) is 30.8. The molecule has 0 aliphatic carbocycles. The lowest BCUT2D eigenvalue weighted by atomic mass is 9.97. The molecule has 0 atom stereocenters. The predicted octanol–water partition coefficient (Wildman–Crippen LogP) is 29.5. The Labute approximate surface area is 711 Å². The van der Waals surface area contributed by atoms with Crippen molar-refractivity contribution in [1.29, 1.82) is 0 Å². The third-order valence-corrected chi connectivity index (χ3v) is 23.1. The highest BCUT2D eigenvalue weighted by molar-refractivity contribution is 6.11. The van der Waals surface area contributed by atoms with E-state index >= 15 is 0 Å². The lowest BCUT2D eigenvalue weighted by molar-refractivity contribution is 0.667. The van der Waals surface area contributed by atoms with E-state index in [1.807, 2.05) is 109 Å². The van der Waals surface area contributed by atoms with Crippen molar-refractivity contribution in [3.8, 4) is 157 Å². The summed E-state index contributed by atoms with van der Waals surface area (Å²) in [6.07, 6.45) is 0. The van der Waals surface area contributed by atoms with E-state index in [2.05, 4.69) is 303 Å². The molecule has 580 valence electrons. The van der Waals surface area contributed by atoms with Crippen LogP contribution in [0.3, 0.4) is 0 Å². The van der Waals surface area contributed by atoms with Gasteiger partial charge in [-0.05, 0) is 127 Å². The molecule has 8 heterocycles. The zero-order valence-electron chi connectivity index (χ0n) is 66.5. The average molecular weight is 1590 g/mol. The Balaban J connectivity index is 0.000000146. The fraction of sp³-hybridized carbons (Fsp3) is 0. The fourth-order valence-corrected chi connectivity index (χ4v) is 16.8. The molecule has 24 aromatic rings. The monoisotopic (exact) mass is 1590 g/mol. The van der Waals surface area contributed by atoms with E-state index in [1.54, 1.807) is 0 Å². The molecule has 12 nitrogen and oxygen atoms in total. The fourth-order valence-electron chi connectivity index (χ4n) is 16.8. The number of aromatic nitrogens is 8. The second-order valence-corrected chi connectivity index (χ2v) is 30.8. The topological polar surface area (TPSA) is 156 Å². The summed E-state index contributed by atoms with van der Waals surface area (Å²) in [6, 6.07) is 141. The third kappa shape index (κ3) is 13.4. The van der Waals surface area contributed by atoms with Gasteiger partial charge >= 0.3 is 0 Å². The van der Waals surface area contributed by atoms with Crippen LogP contribution in [0.4, 0.5) is 0 Å². The Morgan fingerprint density at radius 1 is 0.129 bits per heavy atom. The summed E-state index contributed by atoms with van der Waals surface area (Å²) < 4.78 is 25.8. The van der Waals surface area contributed by atoms with Crippen LogP contribution in [-0.4, -0.2) is 39.9 Å². The van der Waals surface area contributed by atoms with Crippen LogP contribution < -0.4 is 0 Å². The SMILES string of the molecule is c1ccc(-c2ccc(-c3nc(-c4ccc(-c5cccc(-c6cccc(-c7nc(-c8ccc(-c9ccccc9)cc8)c8oc9ccccc9c8n7)c6)c5)cc4)nc4c3oc3ccccc34)cc2)cc1.c1ccc(-c2ccc(-c3nc(-c4ccc(-c5nc(-c6ccc(-c7ccccc7)cc6)nc6c5oc5ccccc56)cc4)c4oc5ccccc5c4n3)cc2)cc1. The molecule has 0 amide bonds. The normalized spacial score (nSPS) is 11.5. The van der Waals surface area contributed by atoms with Crippen LogP contribution in [0.5, 0.6) is 0 Å². The van der Waals surface area contributed by atoms with Gasteiger partial charge in [-0.2, -0.15) is 0 Å². The van der Waals surface area contributed by atoms with Gasteiger partial charge in [0, 0.05) is 66.1 Å². The van der Waals surface area contributed by atoms with Gasteiger partial charge in [-0.25, -0.2) is 39.9 Å². The van der Waals surface area contributed by atoms with Crippen molar-refractivity contribution in [3.05, 3.63) is 413 Å². The van der Waals surface area contributed by atoms with Gasteiger partial charge < -0.3 is 17.7 Å². The van der Waals surface area contributed by atoms with E-state index in [0.717, 1.165) is 194 Å². The zero-order valence-corrected chi connectivity index (χ0v) is 66.5. The summed E-state index contributed by atoms with van der Waals surface area (Å²) in [5.41, 5.74) is 32.8. The van der Waals surface area contributed by atoms with Crippen LogP contribution in [0, 0.1) is 0 Å². The van der Waals surface area contributed by atoms with Gasteiger partial charge in [-0.3, -0.25) is 0 Å². The van der Waals surface area contributed by atoms with Gasteiger partial charge in [-0.15, -0.1) is 0 Å². The van der Waals surface area contributed by atoms with Gasteiger partial charge in [0.25, 0.3) is 0 Å². The first-order valence-electron chi connectivity index (χ1n) is 41.2. The molecule has 0 spiro atoms. The average Bonchev–Trinajstić information content (AvgIpc) is 1.63. The minimum Gasteiger partial charge on any atom is -0.452 e. The first-order chi connectivity index (χ1) is 61.4. The van der Waals surface area contributed by atoms with Crippen molar-refractivity contribution >= 4 is 88.3 Å². The highest BCUT2D eigenvalue weighted by Gasteiger charge is 2.25. The molecule has 16 aromatic carbocycles. The molecule has 0 saturated carbocycles. The Hall–Kier alpha value is -17.0. The van der Waals surface area contributed by atoms with E-state index in [9.17, 15) is 0 Å². The third-order valence-electron chi connectivity index (χ3n) is 23.1. The number of rotatable bonds is 14. The number of hydrogen-bond acceptors (Lipinski definition) is 12. The largest absolute Gasteiger partial charge is 0.452 e. The first kappa shape index (κ1) is 72.3. The molecule has 124 heavy (non-hydrogen) atoms. The minimum atomic E-state index is 0.630. The maximum atomic E-state index is 6.46. The Morgan fingerprint density at radius 2 is 0.306 bits per heavy atom. The van der Waals surface area contributed by atoms with Gasteiger partial charge in [0.05, 0.1) is 0 Å². The summed E-state index contributed by atoms with van der Waals surface area (Å²) in [5.74, 6) is 2.53. The number of hydrogen-bond donors (Lipinski definition) is 0. The van der Waals surface area contributed by atoms with Crippen LogP contribution in [0.25, 0.3) is 246 Å². The minimum absolute atomic E-state index is 0.630. The van der Waals surface area contributed by atoms with Crippen LogP contribution in [0.15, 0.2) is 430 Å². The molecule has 0 aliphatic heterocycles. The smallest absolute Gasteiger partial charge is 0.180 e. The van der Waals surface area contributed by atoms with Gasteiger partial charge in [-0.1, -0.05) is 352 Å². The van der Waals surface area contributed by atoms with Crippen LogP contribution in [0.1, 0.15) is 0 Å². The molecule has 0 fully saturated rings. The van der Waals surface area contributed by atoms with E-state index in [4.69, 9.17) is 57.5 Å². The van der Waals surface area contributed by atoms with Crippen molar-refractivity contribution in [3.63, 3.8) is 0 Å². The zero-order chi connectivity index (χ0) is 82.0. The molecule has 12 heteroatoms. The molecule has 0 saturated heterocycles. The molecular formula is C112H68N8O4. The maximum absolute atomic E-state index is 6.46. The highest BCUT2D eigenvalue weighted by Crippen LogP contribution is 2.44. The molecule has 24 rings (SSSR count). The highest BCUT2D eigenvalue weighted by atomic mass is 16.3. The lowest BCUT2D eigenvalue weighted by Crippen LogP contribution is -1.95. The number of fused-ring (bicyclic) bond motifs is 12. The van der Waals surface area contributed by atoms with Crippen LogP contribution in [-0.2, 0) is 0 Å². The summed E-state index contributed by atoms with van der Waals surface area (Å²) in [7, 11) is 0. The first-order valence-corrected chi connectivity index (χ1v) is 41.2. The summed E-state index contributed by atoms with van der Waals surface area (Å²) in [4.78, 5) is 41.1. The van der Waals surface area contributed by atoms with Gasteiger partial charge in [0.15, 0.2) is 45.6 Å². The van der Waals surface area contributed by atoms with Crippen molar-refractivity contribution < 1.29 is 17.7 Å². The predicted molar refractivity (Wildman–Crippen MR) is 500 cm³/mol. The van der Waals surface area contributed by atoms with Crippen molar-refractivity contribution in [2.45, 2.75) is 0 Å². The molecule has 0 unspecified atom stereocenters. The van der Waals surface area contributed by atoms with E-state index in [-0.39, 0.29) is 0 Å². The summed E-state index contributed by atoms with van der Waals surface area (Å²) in [6.45, 7) is 0. The number of para-hydroxylation sites is 4. The van der Waals surface area contributed by atoms with E-state index in [0.29, 0.717) is 45.6 Å². The van der Waals surface area contributed by atoms with Gasteiger partial charge in [0.2, 0.25) is 0 Å². The van der Waals surface area contributed by atoms with E-state index in [1.165, 1.54) is 5.56 Å². The van der Waals surface area contributed by atoms with Crippen molar-refractivity contribution in [2.24, 2.45) is 0 Å². The Bertz CT molecular complexity index is 7940. The van der Waals surface area contributed by atoms with Crippen molar-refractivity contribution in [2.75, 3.05) is 0 Å². The number of nitrogens with zero attached hydrogens (tertiary/aromatic N) is 8.